The van der Waals surface area contributed by atoms with Gasteiger partial charge in [-0.3, -0.25) is 0 Å². The molecule has 0 heterocycles. The second kappa shape index (κ2) is 5.53. The molecule has 20 heavy (non-hydrogen) atoms. The Morgan fingerprint density at radius 2 is 1.90 bits per heavy atom. The number of aromatic carboxylic acids is 1. The van der Waals surface area contributed by atoms with E-state index < -0.39 is 5.97 Å². The number of anilines is 1. The summed E-state index contributed by atoms with van der Waals surface area (Å²) in [5.41, 5.74) is 1.46. The number of benzene rings is 1. The molecule has 1 saturated carbocycles. The summed E-state index contributed by atoms with van der Waals surface area (Å²) in [6.45, 7) is 3.83. The first-order chi connectivity index (χ1) is 9.39. The highest BCUT2D eigenvalue weighted by atomic mass is 16.4. The van der Waals surface area contributed by atoms with Crippen LogP contribution in [0, 0.1) is 6.92 Å². The molecule has 3 N–H and O–H groups in total. The van der Waals surface area contributed by atoms with Gasteiger partial charge >= 0.3 is 12.0 Å². The molecule has 1 aromatic carbocycles. The van der Waals surface area contributed by atoms with Crippen LogP contribution in [0.4, 0.5) is 10.5 Å². The predicted octanol–water partition coefficient (Wildman–Crippen LogP) is 3.15. The van der Waals surface area contributed by atoms with Gasteiger partial charge in [0.15, 0.2) is 0 Å². The van der Waals surface area contributed by atoms with Crippen LogP contribution >= 0.6 is 0 Å². The van der Waals surface area contributed by atoms with Gasteiger partial charge in [-0.1, -0.05) is 12.8 Å². The number of hydrogen-bond donors (Lipinski definition) is 3. The number of rotatable bonds is 3. The average Bonchev–Trinajstić information content (AvgIpc) is 2.77. The maximum atomic E-state index is 12.0. The molecular weight excluding hydrogens is 256 g/mol. The third kappa shape index (κ3) is 3.29. The summed E-state index contributed by atoms with van der Waals surface area (Å²) >= 11 is 0. The predicted molar refractivity (Wildman–Crippen MR) is 77.2 cm³/mol. The van der Waals surface area contributed by atoms with Gasteiger partial charge in [-0.2, -0.15) is 0 Å². The molecule has 5 nitrogen and oxygen atoms in total. The van der Waals surface area contributed by atoms with Gasteiger partial charge in [0.05, 0.1) is 5.56 Å². The topological polar surface area (TPSA) is 78.4 Å². The number of carboxylic acids is 1. The van der Waals surface area contributed by atoms with Crippen LogP contribution in [0.3, 0.4) is 0 Å². The Labute approximate surface area is 118 Å². The van der Waals surface area contributed by atoms with E-state index in [9.17, 15) is 9.59 Å². The van der Waals surface area contributed by atoms with E-state index in [2.05, 4.69) is 17.6 Å². The Bertz CT molecular complexity index is 534. The van der Waals surface area contributed by atoms with E-state index in [1.807, 2.05) is 0 Å². The largest absolute Gasteiger partial charge is 0.478 e. The lowest BCUT2D eigenvalue weighted by molar-refractivity contribution is 0.0697. The Kier molecular flexibility index (Phi) is 3.97. The molecule has 2 amide bonds. The van der Waals surface area contributed by atoms with Gasteiger partial charge in [-0.05, 0) is 50.5 Å². The fourth-order valence-electron chi connectivity index (χ4n) is 2.64. The fraction of sp³-hybridized carbons (Fsp3) is 0.467. The zero-order valence-corrected chi connectivity index (χ0v) is 11.8. The van der Waals surface area contributed by atoms with Crippen molar-refractivity contribution in [2.24, 2.45) is 0 Å². The van der Waals surface area contributed by atoms with E-state index in [1.165, 1.54) is 6.07 Å². The van der Waals surface area contributed by atoms with Crippen molar-refractivity contribution in [3.05, 3.63) is 29.3 Å². The molecule has 1 aliphatic rings. The molecule has 0 saturated heterocycles. The molecular formula is C15H20N2O3. The summed E-state index contributed by atoms with van der Waals surface area (Å²) in [6.07, 6.45) is 4.28. The first kappa shape index (κ1) is 14.4. The van der Waals surface area contributed by atoms with E-state index in [1.54, 1.807) is 19.1 Å². The van der Waals surface area contributed by atoms with Crippen LogP contribution in [0.5, 0.6) is 0 Å². The minimum absolute atomic E-state index is 0.126. The lowest BCUT2D eigenvalue weighted by Crippen LogP contribution is -2.45. The van der Waals surface area contributed by atoms with Crippen LogP contribution in [0.1, 0.15) is 48.5 Å². The molecule has 1 aromatic rings. The molecule has 2 rings (SSSR count). The van der Waals surface area contributed by atoms with Gasteiger partial charge in [0.2, 0.25) is 0 Å². The molecule has 5 heteroatoms. The van der Waals surface area contributed by atoms with Gasteiger partial charge in [0.25, 0.3) is 0 Å². The third-order valence-electron chi connectivity index (χ3n) is 3.84. The molecule has 1 aliphatic carbocycles. The van der Waals surface area contributed by atoms with Gasteiger partial charge in [0.1, 0.15) is 0 Å². The van der Waals surface area contributed by atoms with Crippen molar-refractivity contribution in [1.82, 2.24) is 5.32 Å². The number of carbonyl (C=O) groups is 2. The molecule has 1 fully saturated rings. The number of carbonyl (C=O) groups excluding carboxylic acids is 1. The van der Waals surface area contributed by atoms with Crippen LogP contribution in [0.15, 0.2) is 18.2 Å². The maximum absolute atomic E-state index is 12.0. The molecule has 0 aliphatic heterocycles. The summed E-state index contributed by atoms with van der Waals surface area (Å²) in [5, 5.41) is 14.7. The van der Waals surface area contributed by atoms with E-state index in [-0.39, 0.29) is 17.1 Å². The van der Waals surface area contributed by atoms with E-state index in [4.69, 9.17) is 5.11 Å². The first-order valence-corrected chi connectivity index (χ1v) is 6.83. The number of nitrogens with one attached hydrogen (secondary N) is 2. The molecule has 108 valence electrons. The van der Waals surface area contributed by atoms with Crippen molar-refractivity contribution < 1.29 is 14.7 Å². The van der Waals surface area contributed by atoms with Gasteiger partial charge in [-0.15, -0.1) is 0 Å². The first-order valence-electron chi connectivity index (χ1n) is 6.83. The van der Waals surface area contributed by atoms with Crippen molar-refractivity contribution in [2.75, 3.05) is 5.32 Å². The molecule has 0 radical (unpaired) electrons. The second-order valence-corrected chi connectivity index (χ2v) is 5.68. The number of urea groups is 1. The molecule has 0 aromatic heterocycles. The molecule has 0 unspecified atom stereocenters. The second-order valence-electron chi connectivity index (χ2n) is 5.68. The Balaban J connectivity index is 2.02. The fourth-order valence-corrected chi connectivity index (χ4v) is 2.64. The van der Waals surface area contributed by atoms with Crippen LogP contribution in [0.2, 0.25) is 0 Å². The van der Waals surface area contributed by atoms with Crippen LogP contribution < -0.4 is 10.6 Å². The summed E-state index contributed by atoms with van der Waals surface area (Å²) in [7, 11) is 0. The average molecular weight is 276 g/mol. The molecule has 0 spiro atoms. The summed E-state index contributed by atoms with van der Waals surface area (Å²) < 4.78 is 0. The normalized spacial score (nSPS) is 16.7. The van der Waals surface area contributed by atoms with Crippen LogP contribution in [0.25, 0.3) is 0 Å². The number of amides is 2. The van der Waals surface area contributed by atoms with Crippen molar-refractivity contribution in [1.29, 1.82) is 0 Å². The summed E-state index contributed by atoms with van der Waals surface area (Å²) in [6, 6.07) is 4.42. The zero-order valence-electron chi connectivity index (χ0n) is 11.8. The van der Waals surface area contributed by atoms with Gasteiger partial charge < -0.3 is 15.7 Å². The van der Waals surface area contributed by atoms with E-state index >= 15 is 0 Å². The quantitative estimate of drug-likeness (QED) is 0.793. The standard InChI is InChI=1S/C15H20N2O3/c1-10-9-11(13(18)19)5-6-12(10)16-14(20)17-15(2)7-3-4-8-15/h5-6,9H,3-4,7-8H2,1-2H3,(H,18,19)(H2,16,17,20). The van der Waals surface area contributed by atoms with Crippen molar-refractivity contribution >= 4 is 17.7 Å². The lowest BCUT2D eigenvalue weighted by Gasteiger charge is -2.25. The summed E-state index contributed by atoms with van der Waals surface area (Å²) in [5.74, 6) is -0.970. The van der Waals surface area contributed by atoms with Crippen LogP contribution in [-0.4, -0.2) is 22.6 Å². The Morgan fingerprint density at radius 1 is 1.25 bits per heavy atom. The maximum Gasteiger partial charge on any atom is 0.335 e. The number of hydrogen-bond acceptors (Lipinski definition) is 2. The smallest absolute Gasteiger partial charge is 0.335 e. The minimum atomic E-state index is -0.970. The Hall–Kier alpha value is -2.04. The molecule has 0 bridgehead atoms. The minimum Gasteiger partial charge on any atom is -0.478 e. The van der Waals surface area contributed by atoms with Gasteiger partial charge in [0, 0.05) is 11.2 Å². The van der Waals surface area contributed by atoms with Gasteiger partial charge in [-0.25, -0.2) is 9.59 Å². The van der Waals surface area contributed by atoms with E-state index in [0.717, 1.165) is 31.2 Å². The zero-order chi connectivity index (χ0) is 14.8. The number of aryl methyl sites for hydroxylation is 1. The molecule has 0 atom stereocenters. The lowest BCUT2D eigenvalue weighted by atomic mass is 10.0. The highest BCUT2D eigenvalue weighted by Crippen LogP contribution is 2.29. The van der Waals surface area contributed by atoms with Crippen molar-refractivity contribution in [3.63, 3.8) is 0 Å². The SMILES string of the molecule is Cc1cc(C(=O)O)ccc1NC(=O)NC1(C)CCCC1. The van der Waals surface area contributed by atoms with Crippen molar-refractivity contribution in [3.8, 4) is 0 Å². The monoisotopic (exact) mass is 276 g/mol. The summed E-state index contributed by atoms with van der Waals surface area (Å²) in [4.78, 5) is 22.9. The number of carboxylic acid groups (broad SMARTS) is 1. The highest BCUT2D eigenvalue weighted by Gasteiger charge is 2.30. The third-order valence-corrected chi connectivity index (χ3v) is 3.84. The van der Waals surface area contributed by atoms with Crippen LogP contribution in [-0.2, 0) is 0 Å². The van der Waals surface area contributed by atoms with Crippen molar-refractivity contribution in [2.45, 2.75) is 45.1 Å². The highest BCUT2D eigenvalue weighted by molar-refractivity contribution is 5.93. The van der Waals surface area contributed by atoms with E-state index in [0.29, 0.717) is 5.69 Å². The Morgan fingerprint density at radius 3 is 2.45 bits per heavy atom.